The van der Waals surface area contributed by atoms with E-state index in [0.29, 0.717) is 6.54 Å². The van der Waals surface area contributed by atoms with E-state index in [1.54, 1.807) is 18.3 Å². The van der Waals surface area contributed by atoms with Crippen molar-refractivity contribution in [1.82, 2.24) is 0 Å². The molecule has 0 saturated heterocycles. The van der Waals surface area contributed by atoms with Gasteiger partial charge in [-0.1, -0.05) is 0 Å². The number of nitrogens with zero attached hydrogens (tertiary/aromatic N) is 1. The van der Waals surface area contributed by atoms with Gasteiger partial charge in [-0.15, -0.1) is 11.3 Å². The molecule has 4 heteroatoms. The minimum absolute atomic E-state index is 0.182. The summed E-state index contributed by atoms with van der Waals surface area (Å²) >= 11 is 5.00. The van der Waals surface area contributed by atoms with E-state index in [-0.39, 0.29) is 5.78 Å². The quantitative estimate of drug-likeness (QED) is 0.819. The van der Waals surface area contributed by atoms with Gasteiger partial charge in [0.15, 0.2) is 0 Å². The van der Waals surface area contributed by atoms with Gasteiger partial charge in [0.25, 0.3) is 0 Å². The third-order valence-corrected chi connectivity index (χ3v) is 3.13. The van der Waals surface area contributed by atoms with Gasteiger partial charge in [0.2, 0.25) is 0 Å². The molecule has 0 bridgehead atoms. The Hall–Kier alpha value is -0.350. The predicted molar refractivity (Wildman–Crippen MR) is 56.0 cm³/mol. The molecule has 0 radical (unpaired) electrons. The van der Waals surface area contributed by atoms with Crippen molar-refractivity contribution in [2.45, 2.75) is 6.92 Å². The van der Waals surface area contributed by atoms with Gasteiger partial charge in [-0.25, -0.2) is 0 Å². The van der Waals surface area contributed by atoms with Crippen LogP contribution in [0.2, 0.25) is 0 Å². The molecule has 0 aliphatic rings. The van der Waals surface area contributed by atoms with Gasteiger partial charge < -0.3 is 4.90 Å². The monoisotopic (exact) mass is 247 g/mol. The van der Waals surface area contributed by atoms with Gasteiger partial charge in [0.05, 0.1) is 15.3 Å². The van der Waals surface area contributed by atoms with Crippen molar-refractivity contribution in [3.05, 3.63) is 15.9 Å². The van der Waals surface area contributed by atoms with Crippen LogP contribution in [0, 0.1) is 0 Å². The topological polar surface area (TPSA) is 20.3 Å². The molecule has 1 heterocycles. The molecule has 1 rings (SSSR count). The minimum atomic E-state index is 0.182. The number of carbonyl (C=O) groups excluding carboxylic acids is 1. The van der Waals surface area contributed by atoms with Gasteiger partial charge >= 0.3 is 0 Å². The Balaban J connectivity index is 2.64. The first-order valence-electron chi connectivity index (χ1n) is 3.55. The smallest absolute Gasteiger partial charge is 0.149 e. The van der Waals surface area contributed by atoms with Crippen molar-refractivity contribution in [3.8, 4) is 0 Å². The summed E-state index contributed by atoms with van der Waals surface area (Å²) in [6.45, 7) is 2.08. The number of anilines is 1. The standard InChI is InChI=1S/C8H10BrNOS/c1-6(11)5-10(2)8-4-3-7(9)12-8/h3-4H,5H2,1-2H3. The lowest BCUT2D eigenvalue weighted by atomic mass is 10.4. The number of carbonyl (C=O) groups is 1. The molecule has 0 saturated carbocycles. The SMILES string of the molecule is CC(=O)CN(C)c1ccc(Br)s1. The number of hydrogen-bond donors (Lipinski definition) is 0. The summed E-state index contributed by atoms with van der Waals surface area (Å²) in [4.78, 5) is 12.7. The third kappa shape index (κ3) is 2.60. The second kappa shape index (κ2) is 4.05. The van der Waals surface area contributed by atoms with Crippen LogP contribution in [0.1, 0.15) is 6.92 Å². The Labute approximate surface area is 84.3 Å². The highest BCUT2D eigenvalue weighted by Crippen LogP contribution is 2.28. The summed E-state index contributed by atoms with van der Waals surface area (Å²) in [6, 6.07) is 3.98. The summed E-state index contributed by atoms with van der Waals surface area (Å²) in [6.07, 6.45) is 0. The molecule has 0 unspecified atom stereocenters. The Kier molecular flexibility index (Phi) is 3.29. The van der Waals surface area contributed by atoms with E-state index in [4.69, 9.17) is 0 Å². The number of rotatable bonds is 3. The molecule has 0 fully saturated rings. The molecule has 0 amide bonds. The zero-order valence-corrected chi connectivity index (χ0v) is 9.41. The van der Waals surface area contributed by atoms with Crippen molar-refractivity contribution in [2.75, 3.05) is 18.5 Å². The highest BCUT2D eigenvalue weighted by atomic mass is 79.9. The molecule has 12 heavy (non-hydrogen) atoms. The maximum Gasteiger partial charge on any atom is 0.149 e. The maximum absolute atomic E-state index is 10.8. The molecular weight excluding hydrogens is 238 g/mol. The average Bonchev–Trinajstić information content (AvgIpc) is 2.34. The summed E-state index contributed by atoms with van der Waals surface area (Å²) in [5.74, 6) is 0.182. The van der Waals surface area contributed by atoms with Gasteiger partial charge in [0.1, 0.15) is 5.78 Å². The van der Waals surface area contributed by atoms with Crippen molar-refractivity contribution in [2.24, 2.45) is 0 Å². The summed E-state index contributed by atoms with van der Waals surface area (Å²) < 4.78 is 1.09. The summed E-state index contributed by atoms with van der Waals surface area (Å²) in [5, 5.41) is 1.11. The van der Waals surface area contributed by atoms with Crippen LogP contribution in [0.25, 0.3) is 0 Å². The molecule has 0 aliphatic heterocycles. The molecule has 1 aromatic heterocycles. The van der Waals surface area contributed by atoms with Crippen molar-refractivity contribution in [3.63, 3.8) is 0 Å². The van der Waals surface area contributed by atoms with E-state index in [0.717, 1.165) is 8.79 Å². The highest BCUT2D eigenvalue weighted by molar-refractivity contribution is 9.11. The maximum atomic E-state index is 10.8. The van der Waals surface area contributed by atoms with Crippen LogP contribution >= 0.6 is 27.3 Å². The second-order valence-corrected chi connectivity index (χ2v) is 5.08. The molecule has 0 spiro atoms. The molecule has 2 nitrogen and oxygen atoms in total. The van der Waals surface area contributed by atoms with Gasteiger partial charge in [-0.05, 0) is 35.0 Å². The van der Waals surface area contributed by atoms with Crippen LogP contribution in [-0.2, 0) is 4.79 Å². The number of Topliss-reactive ketones (excluding diaryl/α,β-unsaturated/α-hetero) is 1. The predicted octanol–water partition coefficient (Wildman–Crippen LogP) is 2.54. The number of thiophene rings is 1. The van der Waals surface area contributed by atoms with Crippen molar-refractivity contribution >= 4 is 38.1 Å². The second-order valence-electron chi connectivity index (χ2n) is 2.64. The first kappa shape index (κ1) is 9.74. The van der Waals surface area contributed by atoms with E-state index < -0.39 is 0 Å². The fourth-order valence-electron chi connectivity index (χ4n) is 0.922. The molecule has 0 atom stereocenters. The van der Waals surface area contributed by atoms with Gasteiger partial charge in [-0.3, -0.25) is 4.79 Å². The summed E-state index contributed by atoms with van der Waals surface area (Å²) in [7, 11) is 1.92. The lowest BCUT2D eigenvalue weighted by molar-refractivity contribution is -0.115. The van der Waals surface area contributed by atoms with Crippen LogP contribution in [0.3, 0.4) is 0 Å². The van der Waals surface area contributed by atoms with Crippen molar-refractivity contribution in [1.29, 1.82) is 0 Å². The summed E-state index contributed by atoms with van der Waals surface area (Å²) in [5.41, 5.74) is 0. The molecule has 66 valence electrons. The van der Waals surface area contributed by atoms with Crippen molar-refractivity contribution < 1.29 is 4.79 Å². The lowest BCUT2D eigenvalue weighted by Gasteiger charge is -2.13. The number of ketones is 1. The largest absolute Gasteiger partial charge is 0.359 e. The Bertz CT molecular complexity index is 284. The van der Waals surface area contributed by atoms with E-state index in [1.807, 2.05) is 24.1 Å². The third-order valence-electron chi connectivity index (χ3n) is 1.40. The number of hydrogen-bond acceptors (Lipinski definition) is 3. The van der Waals surface area contributed by atoms with Gasteiger partial charge in [0, 0.05) is 7.05 Å². The fraction of sp³-hybridized carbons (Fsp3) is 0.375. The first-order chi connectivity index (χ1) is 5.59. The highest BCUT2D eigenvalue weighted by Gasteiger charge is 2.05. The van der Waals surface area contributed by atoms with Crippen LogP contribution < -0.4 is 4.90 Å². The Morgan fingerprint density at radius 3 is 2.75 bits per heavy atom. The molecular formula is C8H10BrNOS. The lowest BCUT2D eigenvalue weighted by Crippen LogP contribution is -2.22. The van der Waals surface area contributed by atoms with Gasteiger partial charge in [-0.2, -0.15) is 0 Å². The van der Waals surface area contributed by atoms with E-state index in [9.17, 15) is 4.79 Å². The first-order valence-corrected chi connectivity index (χ1v) is 5.16. The van der Waals surface area contributed by atoms with E-state index in [2.05, 4.69) is 15.9 Å². The number of halogens is 1. The molecule has 0 aliphatic carbocycles. The van der Waals surface area contributed by atoms with Crippen LogP contribution in [0.4, 0.5) is 5.00 Å². The normalized spacial score (nSPS) is 9.92. The van der Waals surface area contributed by atoms with Crippen LogP contribution in [-0.4, -0.2) is 19.4 Å². The molecule has 0 aromatic carbocycles. The zero-order chi connectivity index (χ0) is 9.14. The molecule has 1 aromatic rings. The van der Waals surface area contributed by atoms with Crippen LogP contribution in [0.15, 0.2) is 15.9 Å². The van der Waals surface area contributed by atoms with E-state index in [1.165, 1.54) is 0 Å². The average molecular weight is 248 g/mol. The zero-order valence-electron chi connectivity index (χ0n) is 7.00. The van der Waals surface area contributed by atoms with Crippen LogP contribution in [0.5, 0.6) is 0 Å². The fourth-order valence-corrected chi connectivity index (χ4v) is 2.24. The van der Waals surface area contributed by atoms with E-state index >= 15 is 0 Å². The Morgan fingerprint density at radius 1 is 1.67 bits per heavy atom. The number of likely N-dealkylation sites (N-methyl/N-ethyl adjacent to an activating group) is 1. The minimum Gasteiger partial charge on any atom is -0.359 e. The molecule has 0 N–H and O–H groups in total. The Morgan fingerprint density at radius 2 is 2.33 bits per heavy atom.